The van der Waals surface area contributed by atoms with E-state index in [1.54, 1.807) is 41.1 Å². The molecule has 0 bridgehead atoms. The van der Waals surface area contributed by atoms with E-state index in [4.69, 9.17) is 4.74 Å². The van der Waals surface area contributed by atoms with E-state index in [2.05, 4.69) is 15.5 Å². The summed E-state index contributed by atoms with van der Waals surface area (Å²) in [6.45, 7) is 2.45. The van der Waals surface area contributed by atoms with Gasteiger partial charge in [0, 0.05) is 28.8 Å². The minimum absolute atomic E-state index is 0.0554. The monoisotopic (exact) mass is 376 g/mol. The molecule has 3 aromatic rings. The summed E-state index contributed by atoms with van der Waals surface area (Å²) in [7, 11) is 0. The van der Waals surface area contributed by atoms with E-state index in [9.17, 15) is 14.4 Å². The molecule has 4 rings (SSSR count). The van der Waals surface area contributed by atoms with E-state index in [-0.39, 0.29) is 40.4 Å². The number of nitrogens with zero attached hydrogens (tertiary/aromatic N) is 4. The Balaban J connectivity index is 1.65. The maximum atomic E-state index is 13.0. The molecular weight excluding hydrogens is 360 g/mol. The standard InChI is InChI=1S/C20H16N4O4/c1-2-10-24-16(21-22-23-24)11-28-20(27)15-9-5-8-14-17(15)19(26)13-7-4-3-6-12(13)18(14)25/h3-9H,2,10-11H2,1H3. The average Bonchev–Trinajstić information content (AvgIpc) is 3.17. The van der Waals surface area contributed by atoms with E-state index < -0.39 is 5.97 Å². The first-order valence-corrected chi connectivity index (χ1v) is 8.85. The third-order valence-electron chi connectivity index (χ3n) is 4.55. The van der Waals surface area contributed by atoms with Crippen LogP contribution in [0.4, 0.5) is 0 Å². The van der Waals surface area contributed by atoms with Gasteiger partial charge in [-0.1, -0.05) is 43.3 Å². The van der Waals surface area contributed by atoms with Crippen LogP contribution in [0.3, 0.4) is 0 Å². The van der Waals surface area contributed by atoms with Crippen LogP contribution in [0.25, 0.3) is 0 Å². The van der Waals surface area contributed by atoms with E-state index in [1.165, 1.54) is 6.07 Å². The van der Waals surface area contributed by atoms with Crippen LogP contribution in [0.5, 0.6) is 0 Å². The Bertz CT molecular complexity index is 1100. The SMILES string of the molecule is CCCn1nnnc1COC(=O)c1cccc2c1C(=O)c1ccccc1C2=O. The van der Waals surface area contributed by atoms with Gasteiger partial charge >= 0.3 is 5.97 Å². The molecule has 0 N–H and O–H groups in total. The number of fused-ring (bicyclic) bond motifs is 2. The van der Waals surface area contributed by atoms with Gasteiger partial charge in [-0.25, -0.2) is 9.48 Å². The van der Waals surface area contributed by atoms with Gasteiger partial charge in [0.15, 0.2) is 24.0 Å². The molecule has 8 nitrogen and oxygen atoms in total. The van der Waals surface area contributed by atoms with Crippen LogP contribution in [0.2, 0.25) is 0 Å². The minimum Gasteiger partial charge on any atom is -0.454 e. The van der Waals surface area contributed by atoms with Crippen molar-refractivity contribution in [2.45, 2.75) is 26.5 Å². The fraction of sp³-hybridized carbons (Fsp3) is 0.200. The van der Waals surface area contributed by atoms with Crippen LogP contribution in [0.1, 0.15) is 61.4 Å². The second-order valence-corrected chi connectivity index (χ2v) is 6.33. The van der Waals surface area contributed by atoms with Gasteiger partial charge in [0.1, 0.15) is 0 Å². The molecule has 1 aliphatic carbocycles. The number of tetrazole rings is 1. The third-order valence-corrected chi connectivity index (χ3v) is 4.55. The first kappa shape index (κ1) is 17.7. The summed E-state index contributed by atoms with van der Waals surface area (Å²) in [6.07, 6.45) is 0.828. The van der Waals surface area contributed by atoms with Gasteiger partial charge < -0.3 is 4.74 Å². The molecule has 0 saturated carbocycles. The van der Waals surface area contributed by atoms with Crippen LogP contribution in [-0.4, -0.2) is 37.7 Å². The van der Waals surface area contributed by atoms with E-state index in [0.717, 1.165) is 6.42 Å². The number of rotatable bonds is 5. The summed E-state index contributed by atoms with van der Waals surface area (Å²) in [5.41, 5.74) is 0.953. The maximum absolute atomic E-state index is 13.0. The molecule has 1 aliphatic rings. The van der Waals surface area contributed by atoms with Crippen LogP contribution < -0.4 is 0 Å². The lowest BCUT2D eigenvalue weighted by molar-refractivity contribution is 0.0454. The van der Waals surface area contributed by atoms with E-state index in [0.29, 0.717) is 17.9 Å². The Labute approximate surface area is 160 Å². The van der Waals surface area contributed by atoms with Crippen molar-refractivity contribution in [1.29, 1.82) is 0 Å². The van der Waals surface area contributed by atoms with E-state index in [1.807, 2.05) is 6.92 Å². The molecule has 1 aromatic heterocycles. The normalized spacial score (nSPS) is 12.5. The molecule has 0 radical (unpaired) electrons. The molecule has 0 unspecified atom stereocenters. The Morgan fingerprint density at radius 3 is 2.46 bits per heavy atom. The molecule has 0 saturated heterocycles. The first-order valence-electron chi connectivity index (χ1n) is 8.85. The van der Waals surface area contributed by atoms with Crippen LogP contribution in [0.15, 0.2) is 42.5 Å². The molecular formula is C20H16N4O4. The number of hydrogen-bond donors (Lipinski definition) is 0. The molecule has 0 amide bonds. The maximum Gasteiger partial charge on any atom is 0.339 e. The number of ether oxygens (including phenoxy) is 1. The summed E-state index contributed by atoms with van der Waals surface area (Å²) >= 11 is 0. The first-order chi connectivity index (χ1) is 13.6. The molecule has 0 spiro atoms. The number of aryl methyl sites for hydroxylation is 1. The summed E-state index contributed by atoms with van der Waals surface area (Å²) < 4.78 is 6.89. The number of ketones is 2. The van der Waals surface area contributed by atoms with Gasteiger partial charge in [0.2, 0.25) is 0 Å². The second-order valence-electron chi connectivity index (χ2n) is 6.33. The number of benzene rings is 2. The van der Waals surface area contributed by atoms with Crippen LogP contribution in [-0.2, 0) is 17.9 Å². The van der Waals surface area contributed by atoms with Gasteiger partial charge in [-0.05, 0) is 22.9 Å². The lowest BCUT2D eigenvalue weighted by atomic mass is 9.82. The largest absolute Gasteiger partial charge is 0.454 e. The topological polar surface area (TPSA) is 104 Å². The van der Waals surface area contributed by atoms with Crippen molar-refractivity contribution in [3.63, 3.8) is 0 Å². The van der Waals surface area contributed by atoms with Crippen LogP contribution in [0, 0.1) is 0 Å². The molecule has 0 aliphatic heterocycles. The summed E-state index contributed by atoms with van der Waals surface area (Å²) in [5.74, 6) is -0.948. The van der Waals surface area contributed by atoms with Gasteiger partial charge in [-0.15, -0.1) is 5.10 Å². The molecule has 28 heavy (non-hydrogen) atoms. The zero-order valence-electron chi connectivity index (χ0n) is 15.1. The molecule has 0 fully saturated rings. The highest BCUT2D eigenvalue weighted by atomic mass is 16.5. The van der Waals surface area contributed by atoms with Crippen molar-refractivity contribution in [3.05, 3.63) is 76.1 Å². The average molecular weight is 376 g/mol. The Morgan fingerprint density at radius 2 is 1.71 bits per heavy atom. The van der Waals surface area contributed by atoms with Gasteiger partial charge in [0.05, 0.1) is 5.56 Å². The molecule has 8 heteroatoms. The highest BCUT2D eigenvalue weighted by molar-refractivity contribution is 6.30. The Kier molecular flexibility index (Phi) is 4.52. The quantitative estimate of drug-likeness (QED) is 0.492. The van der Waals surface area contributed by atoms with Crippen molar-refractivity contribution < 1.29 is 19.1 Å². The van der Waals surface area contributed by atoms with Crippen molar-refractivity contribution in [2.75, 3.05) is 0 Å². The predicted molar refractivity (Wildman–Crippen MR) is 97.0 cm³/mol. The summed E-state index contributed by atoms with van der Waals surface area (Å²) in [4.78, 5) is 38.4. The van der Waals surface area contributed by atoms with Crippen molar-refractivity contribution in [1.82, 2.24) is 20.2 Å². The smallest absolute Gasteiger partial charge is 0.339 e. The molecule has 0 atom stereocenters. The highest BCUT2D eigenvalue weighted by Crippen LogP contribution is 2.29. The van der Waals surface area contributed by atoms with Gasteiger partial charge in [-0.2, -0.15) is 0 Å². The minimum atomic E-state index is -0.705. The number of hydrogen-bond acceptors (Lipinski definition) is 7. The Hall–Kier alpha value is -3.68. The van der Waals surface area contributed by atoms with E-state index >= 15 is 0 Å². The van der Waals surface area contributed by atoms with Crippen molar-refractivity contribution >= 4 is 17.5 Å². The molecule has 140 valence electrons. The molecule has 2 aromatic carbocycles. The zero-order chi connectivity index (χ0) is 19.7. The lowest BCUT2D eigenvalue weighted by Crippen LogP contribution is -2.24. The predicted octanol–water partition coefficient (Wildman–Crippen LogP) is 2.22. The second kappa shape index (κ2) is 7.15. The Morgan fingerprint density at radius 1 is 1.00 bits per heavy atom. The molecule has 1 heterocycles. The highest BCUT2D eigenvalue weighted by Gasteiger charge is 2.33. The number of carbonyl (C=O) groups is 3. The van der Waals surface area contributed by atoms with Crippen molar-refractivity contribution in [2.24, 2.45) is 0 Å². The number of carbonyl (C=O) groups excluding carboxylic acids is 3. The van der Waals surface area contributed by atoms with Gasteiger partial charge in [-0.3, -0.25) is 9.59 Å². The fourth-order valence-corrected chi connectivity index (χ4v) is 3.24. The fourth-order valence-electron chi connectivity index (χ4n) is 3.24. The lowest BCUT2D eigenvalue weighted by Gasteiger charge is -2.19. The third kappa shape index (κ3) is 2.88. The summed E-state index contributed by atoms with van der Waals surface area (Å²) in [6, 6.07) is 11.2. The van der Waals surface area contributed by atoms with Crippen LogP contribution >= 0.6 is 0 Å². The zero-order valence-corrected chi connectivity index (χ0v) is 15.1. The number of aromatic nitrogens is 4. The van der Waals surface area contributed by atoms with Gasteiger partial charge in [0.25, 0.3) is 0 Å². The summed E-state index contributed by atoms with van der Waals surface area (Å²) in [5, 5.41) is 11.3. The van der Waals surface area contributed by atoms with Crippen molar-refractivity contribution in [3.8, 4) is 0 Å². The number of esters is 1.